The van der Waals surface area contributed by atoms with Crippen LogP contribution in [0.1, 0.15) is 32.6 Å². The van der Waals surface area contributed by atoms with Gasteiger partial charge >= 0.3 is 0 Å². The Morgan fingerprint density at radius 2 is 2.24 bits per heavy atom. The minimum atomic E-state index is 0.217. The van der Waals surface area contributed by atoms with Crippen molar-refractivity contribution in [1.29, 1.82) is 0 Å². The Hall–Kier alpha value is -1.36. The fourth-order valence-electron chi connectivity index (χ4n) is 2.17. The van der Waals surface area contributed by atoms with Crippen LogP contribution in [0.4, 0.5) is 5.82 Å². The molecular formula is C12H20N4O. The van der Waals surface area contributed by atoms with Crippen LogP contribution in [0.5, 0.6) is 5.88 Å². The highest BCUT2D eigenvalue weighted by atomic mass is 16.5. The van der Waals surface area contributed by atoms with E-state index in [9.17, 15) is 0 Å². The van der Waals surface area contributed by atoms with Crippen molar-refractivity contribution in [2.75, 3.05) is 11.9 Å². The smallest absolute Gasteiger partial charge is 0.218 e. The van der Waals surface area contributed by atoms with E-state index in [0.717, 1.165) is 18.7 Å². The van der Waals surface area contributed by atoms with E-state index in [2.05, 4.69) is 15.3 Å². The second kappa shape index (κ2) is 5.82. The summed E-state index contributed by atoms with van der Waals surface area (Å²) in [6.45, 7) is 2.55. The summed E-state index contributed by atoms with van der Waals surface area (Å²) in [7, 11) is 0. The maximum atomic E-state index is 6.09. The van der Waals surface area contributed by atoms with Crippen molar-refractivity contribution in [1.82, 2.24) is 9.97 Å². The highest BCUT2D eigenvalue weighted by Gasteiger charge is 2.21. The summed E-state index contributed by atoms with van der Waals surface area (Å²) in [5.74, 6) is 1.40. The highest BCUT2D eigenvalue weighted by Crippen LogP contribution is 2.21. The average Bonchev–Trinajstić information content (AvgIpc) is 2.33. The Bertz CT molecular complexity index is 358. The van der Waals surface area contributed by atoms with E-state index in [1.807, 2.05) is 13.0 Å². The molecule has 0 bridgehead atoms. The molecule has 0 amide bonds. The van der Waals surface area contributed by atoms with Crippen molar-refractivity contribution in [3.63, 3.8) is 0 Å². The van der Waals surface area contributed by atoms with Crippen LogP contribution >= 0.6 is 0 Å². The standard InChI is InChI=1S/C12H20N4O/c1-2-17-12-7-11(14-8-15-12)16-10-6-4-3-5-9(10)13/h7-10H,2-6,13H2,1H3,(H,14,15,16). The lowest BCUT2D eigenvalue weighted by Crippen LogP contribution is -2.42. The predicted molar refractivity (Wildman–Crippen MR) is 67.1 cm³/mol. The van der Waals surface area contributed by atoms with E-state index >= 15 is 0 Å². The Morgan fingerprint density at radius 3 is 3.00 bits per heavy atom. The number of ether oxygens (including phenoxy) is 1. The molecular weight excluding hydrogens is 216 g/mol. The Balaban J connectivity index is 1.99. The van der Waals surface area contributed by atoms with Gasteiger partial charge in [-0.15, -0.1) is 0 Å². The van der Waals surface area contributed by atoms with E-state index in [-0.39, 0.29) is 6.04 Å². The second-order valence-electron chi connectivity index (χ2n) is 4.37. The first-order valence-corrected chi connectivity index (χ1v) is 6.26. The third-order valence-corrected chi connectivity index (χ3v) is 3.09. The molecule has 3 N–H and O–H groups in total. The van der Waals surface area contributed by atoms with Crippen LogP contribution in [0, 0.1) is 0 Å². The van der Waals surface area contributed by atoms with Gasteiger partial charge in [-0.25, -0.2) is 9.97 Å². The highest BCUT2D eigenvalue weighted by molar-refractivity contribution is 5.38. The number of nitrogens with one attached hydrogen (secondary N) is 1. The first-order valence-electron chi connectivity index (χ1n) is 6.26. The number of rotatable bonds is 4. The molecule has 2 rings (SSSR count). The molecule has 2 unspecified atom stereocenters. The van der Waals surface area contributed by atoms with E-state index < -0.39 is 0 Å². The summed E-state index contributed by atoms with van der Waals surface area (Å²) in [4.78, 5) is 8.23. The monoisotopic (exact) mass is 236 g/mol. The minimum Gasteiger partial charge on any atom is -0.478 e. The Kier molecular flexibility index (Phi) is 4.14. The van der Waals surface area contributed by atoms with Crippen molar-refractivity contribution >= 4 is 5.82 Å². The molecule has 0 saturated heterocycles. The van der Waals surface area contributed by atoms with Gasteiger partial charge in [-0.05, 0) is 19.8 Å². The van der Waals surface area contributed by atoms with Gasteiger partial charge in [-0.2, -0.15) is 0 Å². The lowest BCUT2D eigenvalue weighted by molar-refractivity contribution is 0.326. The molecule has 5 nitrogen and oxygen atoms in total. The van der Waals surface area contributed by atoms with Gasteiger partial charge in [0.1, 0.15) is 12.1 Å². The SMILES string of the molecule is CCOc1cc(NC2CCCCC2N)ncn1. The van der Waals surface area contributed by atoms with Crippen LogP contribution in [0.3, 0.4) is 0 Å². The van der Waals surface area contributed by atoms with Crippen LogP contribution in [0.15, 0.2) is 12.4 Å². The van der Waals surface area contributed by atoms with Crippen molar-refractivity contribution in [3.05, 3.63) is 12.4 Å². The second-order valence-corrected chi connectivity index (χ2v) is 4.37. The zero-order valence-corrected chi connectivity index (χ0v) is 10.2. The van der Waals surface area contributed by atoms with Crippen molar-refractivity contribution in [3.8, 4) is 5.88 Å². The minimum absolute atomic E-state index is 0.217. The van der Waals surface area contributed by atoms with Gasteiger partial charge < -0.3 is 15.8 Å². The molecule has 0 radical (unpaired) electrons. The van der Waals surface area contributed by atoms with Crippen molar-refractivity contribution in [2.24, 2.45) is 5.73 Å². The molecule has 94 valence electrons. The van der Waals surface area contributed by atoms with Crippen LogP contribution in [0.2, 0.25) is 0 Å². The Morgan fingerprint density at radius 1 is 1.41 bits per heavy atom. The number of aromatic nitrogens is 2. The zero-order chi connectivity index (χ0) is 12.1. The molecule has 1 aromatic rings. The molecule has 5 heteroatoms. The fraction of sp³-hybridized carbons (Fsp3) is 0.667. The predicted octanol–water partition coefficient (Wildman–Crippen LogP) is 1.56. The van der Waals surface area contributed by atoms with Gasteiger partial charge in [-0.3, -0.25) is 0 Å². The molecule has 0 spiro atoms. The van der Waals surface area contributed by atoms with E-state index in [4.69, 9.17) is 10.5 Å². The van der Waals surface area contributed by atoms with Gasteiger partial charge in [-0.1, -0.05) is 12.8 Å². The van der Waals surface area contributed by atoms with Crippen molar-refractivity contribution in [2.45, 2.75) is 44.7 Å². The molecule has 1 aliphatic carbocycles. The Labute approximate surface area is 102 Å². The molecule has 1 saturated carbocycles. The van der Waals surface area contributed by atoms with Crippen LogP contribution in [-0.4, -0.2) is 28.7 Å². The largest absolute Gasteiger partial charge is 0.478 e. The lowest BCUT2D eigenvalue weighted by atomic mass is 9.91. The van der Waals surface area contributed by atoms with Crippen LogP contribution < -0.4 is 15.8 Å². The molecule has 1 aliphatic rings. The number of hydrogen-bond donors (Lipinski definition) is 2. The summed E-state index contributed by atoms with van der Waals surface area (Å²) in [6.07, 6.45) is 6.17. The quantitative estimate of drug-likeness (QED) is 0.830. The number of anilines is 1. The first-order chi connectivity index (χ1) is 8.29. The number of nitrogens with two attached hydrogens (primary N) is 1. The fourth-order valence-corrected chi connectivity index (χ4v) is 2.17. The molecule has 17 heavy (non-hydrogen) atoms. The topological polar surface area (TPSA) is 73.1 Å². The van der Waals surface area contributed by atoms with Crippen LogP contribution in [-0.2, 0) is 0 Å². The molecule has 1 aromatic heterocycles. The molecule has 1 heterocycles. The normalized spacial score (nSPS) is 24.4. The third-order valence-electron chi connectivity index (χ3n) is 3.09. The zero-order valence-electron chi connectivity index (χ0n) is 10.2. The number of hydrogen-bond acceptors (Lipinski definition) is 5. The molecule has 0 aliphatic heterocycles. The van der Waals surface area contributed by atoms with Crippen molar-refractivity contribution < 1.29 is 4.74 Å². The average molecular weight is 236 g/mol. The first kappa shape index (κ1) is 12.1. The molecule has 2 atom stereocenters. The summed E-state index contributed by atoms with van der Waals surface area (Å²) in [5, 5.41) is 3.37. The van der Waals surface area contributed by atoms with E-state index in [1.165, 1.54) is 19.2 Å². The summed E-state index contributed by atoms with van der Waals surface area (Å²) in [6, 6.07) is 2.35. The summed E-state index contributed by atoms with van der Waals surface area (Å²) >= 11 is 0. The van der Waals surface area contributed by atoms with Gasteiger partial charge in [0.25, 0.3) is 0 Å². The van der Waals surface area contributed by atoms with Gasteiger partial charge in [0, 0.05) is 18.2 Å². The molecule has 0 aromatic carbocycles. The number of nitrogens with zero attached hydrogens (tertiary/aromatic N) is 2. The lowest BCUT2D eigenvalue weighted by Gasteiger charge is -2.29. The molecule has 1 fully saturated rings. The van der Waals surface area contributed by atoms with Gasteiger partial charge in [0.2, 0.25) is 5.88 Å². The maximum absolute atomic E-state index is 6.09. The summed E-state index contributed by atoms with van der Waals surface area (Å²) in [5.41, 5.74) is 6.09. The van der Waals surface area contributed by atoms with Gasteiger partial charge in [0.15, 0.2) is 0 Å². The van der Waals surface area contributed by atoms with Crippen LogP contribution in [0.25, 0.3) is 0 Å². The van der Waals surface area contributed by atoms with E-state index in [0.29, 0.717) is 18.5 Å². The maximum Gasteiger partial charge on any atom is 0.218 e. The van der Waals surface area contributed by atoms with E-state index in [1.54, 1.807) is 0 Å². The van der Waals surface area contributed by atoms with Gasteiger partial charge in [0.05, 0.1) is 6.61 Å². The summed E-state index contributed by atoms with van der Waals surface area (Å²) < 4.78 is 5.34. The third kappa shape index (κ3) is 3.30.